The Bertz CT molecular complexity index is 1170. The number of carbonyl (C=O) groups is 2. The number of esters is 1. The number of ether oxygens (including phenoxy) is 1. The Kier molecular flexibility index (Phi) is 6.90. The van der Waals surface area contributed by atoms with Crippen LogP contribution in [0.25, 0.3) is 5.52 Å². The zero-order chi connectivity index (χ0) is 24.3. The molecule has 2 heterocycles. The second-order valence-corrected chi connectivity index (χ2v) is 8.61. The maximum absolute atomic E-state index is 13.1. The summed E-state index contributed by atoms with van der Waals surface area (Å²) in [6.45, 7) is 2.13. The number of nitrogens with one attached hydrogen (secondary N) is 1. The number of aromatic nitrogens is 2. The van der Waals surface area contributed by atoms with E-state index in [-0.39, 0.29) is 23.8 Å². The molecule has 9 heteroatoms. The number of amides is 1. The summed E-state index contributed by atoms with van der Waals surface area (Å²) >= 11 is 0. The molecule has 4 rings (SSSR count). The summed E-state index contributed by atoms with van der Waals surface area (Å²) in [7, 11) is 0. The van der Waals surface area contributed by atoms with Crippen molar-refractivity contribution in [3.63, 3.8) is 0 Å². The molecule has 0 aliphatic heterocycles. The highest BCUT2D eigenvalue weighted by Crippen LogP contribution is 2.31. The minimum absolute atomic E-state index is 0.0380. The Balaban J connectivity index is 1.48. The summed E-state index contributed by atoms with van der Waals surface area (Å²) in [5.41, 5.74) is 1.83. The van der Waals surface area contributed by atoms with Gasteiger partial charge in [0.1, 0.15) is 0 Å². The van der Waals surface area contributed by atoms with Crippen LogP contribution in [0.3, 0.4) is 0 Å². The van der Waals surface area contributed by atoms with Crippen LogP contribution < -0.4 is 5.32 Å². The lowest BCUT2D eigenvalue weighted by atomic mass is 10.0. The number of pyridine rings is 1. The maximum Gasteiger partial charge on any atom is 0.416 e. The third kappa shape index (κ3) is 5.40. The summed E-state index contributed by atoms with van der Waals surface area (Å²) in [4.78, 5) is 24.8. The molecular weight excluding hydrogens is 447 g/mol. The zero-order valence-electron chi connectivity index (χ0n) is 18.8. The molecule has 1 aromatic carbocycles. The summed E-state index contributed by atoms with van der Waals surface area (Å²) in [5.74, 6) is -0.282. The molecular formula is C25H26F3N3O3. The van der Waals surface area contributed by atoms with Crippen LogP contribution in [0.2, 0.25) is 0 Å². The monoisotopic (exact) mass is 473 g/mol. The Morgan fingerprint density at radius 1 is 1.18 bits per heavy atom. The van der Waals surface area contributed by atoms with Crippen LogP contribution in [-0.2, 0) is 22.1 Å². The number of benzene rings is 1. The predicted octanol–water partition coefficient (Wildman–Crippen LogP) is 4.80. The molecule has 1 aliphatic carbocycles. The van der Waals surface area contributed by atoms with Crippen LogP contribution in [-0.4, -0.2) is 34.1 Å². The topological polar surface area (TPSA) is 72.7 Å². The first-order valence-electron chi connectivity index (χ1n) is 11.3. The van der Waals surface area contributed by atoms with E-state index in [9.17, 15) is 22.8 Å². The van der Waals surface area contributed by atoms with Gasteiger partial charge in [-0.2, -0.15) is 18.3 Å². The van der Waals surface area contributed by atoms with Crippen molar-refractivity contribution in [2.24, 2.45) is 5.92 Å². The lowest BCUT2D eigenvalue weighted by molar-refractivity contribution is -0.144. The molecule has 2 unspecified atom stereocenters. The first-order valence-corrected chi connectivity index (χ1v) is 11.3. The van der Waals surface area contributed by atoms with Crippen molar-refractivity contribution in [3.05, 3.63) is 71.0 Å². The van der Waals surface area contributed by atoms with Gasteiger partial charge < -0.3 is 10.1 Å². The highest BCUT2D eigenvalue weighted by Gasteiger charge is 2.30. The fraction of sp³-hybridized carbons (Fsp3) is 0.400. The van der Waals surface area contributed by atoms with E-state index in [4.69, 9.17) is 4.74 Å². The van der Waals surface area contributed by atoms with E-state index in [2.05, 4.69) is 10.4 Å². The largest absolute Gasteiger partial charge is 0.466 e. The Hall–Kier alpha value is -3.36. The summed E-state index contributed by atoms with van der Waals surface area (Å²) in [6, 6.07) is 8.62. The molecule has 1 amide bonds. The van der Waals surface area contributed by atoms with Crippen molar-refractivity contribution >= 4 is 17.4 Å². The number of nitrogens with zero attached hydrogens (tertiary/aromatic N) is 2. The van der Waals surface area contributed by atoms with Gasteiger partial charge >= 0.3 is 12.1 Å². The van der Waals surface area contributed by atoms with Gasteiger partial charge in [0.05, 0.1) is 29.4 Å². The lowest BCUT2D eigenvalue weighted by Gasteiger charge is -2.14. The number of fused-ring (bicyclic) bond motifs is 1. The molecule has 0 saturated heterocycles. The normalized spacial score (nSPS) is 18.2. The number of alkyl halides is 3. The summed E-state index contributed by atoms with van der Waals surface area (Å²) < 4.78 is 45.2. The molecule has 0 bridgehead atoms. The van der Waals surface area contributed by atoms with Crippen LogP contribution in [0.1, 0.15) is 59.7 Å². The van der Waals surface area contributed by atoms with Crippen LogP contribution >= 0.6 is 0 Å². The van der Waals surface area contributed by atoms with Gasteiger partial charge in [-0.05, 0) is 67.9 Å². The molecule has 1 fully saturated rings. The van der Waals surface area contributed by atoms with Gasteiger partial charge in [0.15, 0.2) is 0 Å². The van der Waals surface area contributed by atoms with Crippen LogP contribution in [0, 0.1) is 5.92 Å². The standard InChI is InChI=1S/C25H26F3N3O3/c1-2-34-22(32)14-17-7-10-20(13-17)30-24(33)21-15-29-31-11-3-4-18(23(21)31)12-16-5-8-19(9-6-16)25(26,27)28/h3-6,8-9,11,15,17,20H,2,7,10,12-14H2,1H3,(H,30,33). The molecule has 2 atom stereocenters. The molecule has 1 N–H and O–H groups in total. The minimum atomic E-state index is -4.38. The van der Waals surface area contributed by atoms with Gasteiger partial charge in [-0.1, -0.05) is 18.2 Å². The fourth-order valence-corrected chi connectivity index (χ4v) is 4.57. The average molecular weight is 473 g/mol. The van der Waals surface area contributed by atoms with Crippen molar-refractivity contribution in [2.75, 3.05) is 6.61 Å². The van der Waals surface area contributed by atoms with E-state index >= 15 is 0 Å². The Morgan fingerprint density at radius 2 is 1.94 bits per heavy atom. The van der Waals surface area contributed by atoms with Crippen molar-refractivity contribution in [1.82, 2.24) is 14.9 Å². The third-order valence-electron chi connectivity index (χ3n) is 6.18. The highest BCUT2D eigenvalue weighted by molar-refractivity contribution is 6.01. The molecule has 34 heavy (non-hydrogen) atoms. The number of hydrogen-bond donors (Lipinski definition) is 1. The van der Waals surface area contributed by atoms with Crippen molar-refractivity contribution in [2.45, 2.75) is 51.2 Å². The van der Waals surface area contributed by atoms with Crippen LogP contribution in [0.15, 0.2) is 48.8 Å². The van der Waals surface area contributed by atoms with Crippen molar-refractivity contribution in [1.29, 1.82) is 0 Å². The number of carbonyl (C=O) groups excluding carboxylic acids is 2. The second-order valence-electron chi connectivity index (χ2n) is 8.61. The smallest absolute Gasteiger partial charge is 0.416 e. The van der Waals surface area contributed by atoms with Crippen molar-refractivity contribution < 1.29 is 27.5 Å². The number of rotatable bonds is 7. The van der Waals surface area contributed by atoms with Gasteiger partial charge in [-0.3, -0.25) is 9.59 Å². The van der Waals surface area contributed by atoms with E-state index in [0.717, 1.165) is 30.5 Å². The predicted molar refractivity (Wildman–Crippen MR) is 119 cm³/mol. The SMILES string of the molecule is CCOC(=O)CC1CCC(NC(=O)c2cnn3cccc(Cc4ccc(C(F)(F)F)cc4)c23)C1. The molecule has 0 radical (unpaired) electrons. The van der Waals surface area contributed by atoms with Gasteiger partial charge in [-0.15, -0.1) is 0 Å². The van der Waals surface area contributed by atoms with E-state index in [1.54, 1.807) is 23.7 Å². The number of halogens is 3. The van der Waals surface area contributed by atoms with Crippen molar-refractivity contribution in [3.8, 4) is 0 Å². The molecule has 1 saturated carbocycles. The minimum Gasteiger partial charge on any atom is -0.466 e. The van der Waals surface area contributed by atoms with Gasteiger partial charge in [0, 0.05) is 18.7 Å². The van der Waals surface area contributed by atoms with Crippen LogP contribution in [0.4, 0.5) is 13.2 Å². The molecule has 1 aliphatic rings. The fourth-order valence-electron chi connectivity index (χ4n) is 4.57. The summed E-state index contributed by atoms with van der Waals surface area (Å²) in [6.07, 6.45) is 1.91. The average Bonchev–Trinajstić information content (AvgIpc) is 3.41. The summed E-state index contributed by atoms with van der Waals surface area (Å²) in [5, 5.41) is 7.34. The molecule has 6 nitrogen and oxygen atoms in total. The number of hydrogen-bond acceptors (Lipinski definition) is 4. The Morgan fingerprint density at radius 3 is 2.65 bits per heavy atom. The van der Waals surface area contributed by atoms with E-state index in [0.29, 0.717) is 42.5 Å². The first-order chi connectivity index (χ1) is 16.2. The van der Waals surface area contributed by atoms with E-state index in [1.165, 1.54) is 18.3 Å². The molecule has 180 valence electrons. The molecule has 0 spiro atoms. The zero-order valence-corrected chi connectivity index (χ0v) is 18.8. The van der Waals surface area contributed by atoms with Gasteiger partial charge in [0.25, 0.3) is 5.91 Å². The van der Waals surface area contributed by atoms with E-state index < -0.39 is 11.7 Å². The second kappa shape index (κ2) is 9.87. The lowest BCUT2D eigenvalue weighted by Crippen LogP contribution is -2.33. The quantitative estimate of drug-likeness (QED) is 0.501. The van der Waals surface area contributed by atoms with Crippen LogP contribution in [0.5, 0.6) is 0 Å². The van der Waals surface area contributed by atoms with E-state index in [1.807, 2.05) is 6.07 Å². The van der Waals surface area contributed by atoms with Gasteiger partial charge in [0.2, 0.25) is 0 Å². The molecule has 3 aromatic rings. The third-order valence-corrected chi connectivity index (χ3v) is 6.18. The first kappa shape index (κ1) is 23.8. The molecule has 2 aromatic heterocycles. The van der Waals surface area contributed by atoms with Gasteiger partial charge in [-0.25, -0.2) is 4.52 Å². The maximum atomic E-state index is 13.1. The highest BCUT2D eigenvalue weighted by atomic mass is 19.4. The Labute approximate surface area is 195 Å².